The van der Waals surface area contributed by atoms with Crippen molar-refractivity contribution in [1.82, 2.24) is 4.90 Å². The minimum Gasteiger partial charge on any atom is -0.394 e. The Labute approximate surface area is 109 Å². The zero-order valence-corrected chi connectivity index (χ0v) is 11.3. The fourth-order valence-electron chi connectivity index (χ4n) is 2.26. The Balaban J connectivity index is 2.27. The van der Waals surface area contributed by atoms with Crippen molar-refractivity contribution in [1.29, 1.82) is 0 Å². The van der Waals surface area contributed by atoms with Crippen molar-refractivity contribution < 1.29 is 14.6 Å². The molecule has 1 aliphatic heterocycles. The molecule has 0 spiro atoms. The second-order valence-electron chi connectivity index (χ2n) is 4.89. The second kappa shape index (κ2) is 8.45. The molecule has 1 saturated heterocycles. The van der Waals surface area contributed by atoms with Crippen molar-refractivity contribution in [3.05, 3.63) is 0 Å². The van der Waals surface area contributed by atoms with Crippen LogP contribution in [0.15, 0.2) is 0 Å². The maximum Gasteiger partial charge on any atom is 0.222 e. The second-order valence-corrected chi connectivity index (χ2v) is 4.89. The third-order valence-corrected chi connectivity index (χ3v) is 3.61. The summed E-state index contributed by atoms with van der Waals surface area (Å²) in [6.45, 7) is 4.63. The number of amides is 1. The molecule has 1 rings (SSSR count). The van der Waals surface area contributed by atoms with Gasteiger partial charge in [-0.05, 0) is 25.3 Å². The summed E-state index contributed by atoms with van der Waals surface area (Å²) in [5, 5.41) is 8.69. The lowest BCUT2D eigenvalue weighted by molar-refractivity contribution is -0.135. The quantitative estimate of drug-likeness (QED) is 0.691. The monoisotopic (exact) mass is 258 g/mol. The number of nitrogens with two attached hydrogens (primary N) is 1. The Morgan fingerprint density at radius 2 is 2.17 bits per heavy atom. The highest BCUT2D eigenvalue weighted by Gasteiger charge is 2.24. The van der Waals surface area contributed by atoms with Crippen molar-refractivity contribution in [2.24, 2.45) is 11.7 Å². The van der Waals surface area contributed by atoms with Crippen molar-refractivity contribution in [3.8, 4) is 0 Å². The number of aliphatic hydroxyl groups excluding tert-OH is 1. The predicted molar refractivity (Wildman–Crippen MR) is 70.1 cm³/mol. The van der Waals surface area contributed by atoms with Gasteiger partial charge in [0, 0.05) is 19.5 Å². The maximum absolute atomic E-state index is 12.0. The molecule has 5 heteroatoms. The van der Waals surface area contributed by atoms with Crippen molar-refractivity contribution >= 4 is 5.91 Å². The van der Waals surface area contributed by atoms with Crippen LogP contribution in [-0.4, -0.2) is 54.9 Å². The highest BCUT2D eigenvalue weighted by atomic mass is 16.5. The molecule has 0 aromatic carbocycles. The number of ether oxygens (including phenoxy) is 1. The number of likely N-dealkylation sites (tertiary alicyclic amines) is 1. The molecule has 1 heterocycles. The third kappa shape index (κ3) is 4.92. The Hall–Kier alpha value is -0.650. The van der Waals surface area contributed by atoms with Crippen LogP contribution in [0.3, 0.4) is 0 Å². The zero-order chi connectivity index (χ0) is 13.4. The maximum atomic E-state index is 12.0. The van der Waals surface area contributed by atoms with E-state index in [0.29, 0.717) is 25.5 Å². The van der Waals surface area contributed by atoms with Crippen LogP contribution in [0.2, 0.25) is 0 Å². The van der Waals surface area contributed by atoms with E-state index in [4.69, 9.17) is 15.6 Å². The van der Waals surface area contributed by atoms with Crippen LogP contribution in [-0.2, 0) is 9.53 Å². The van der Waals surface area contributed by atoms with Crippen LogP contribution in [0.25, 0.3) is 0 Å². The van der Waals surface area contributed by atoms with E-state index in [2.05, 4.69) is 6.92 Å². The van der Waals surface area contributed by atoms with Gasteiger partial charge in [0.2, 0.25) is 5.91 Å². The summed E-state index contributed by atoms with van der Waals surface area (Å²) in [4.78, 5) is 14.0. The summed E-state index contributed by atoms with van der Waals surface area (Å²) in [6.07, 6.45) is 3.45. The average Bonchev–Trinajstić information content (AvgIpc) is 2.42. The summed E-state index contributed by atoms with van der Waals surface area (Å²) in [6, 6.07) is 0. The molecule has 0 aromatic rings. The Bertz CT molecular complexity index is 236. The largest absolute Gasteiger partial charge is 0.394 e. The van der Waals surface area contributed by atoms with Gasteiger partial charge in [-0.2, -0.15) is 0 Å². The van der Waals surface area contributed by atoms with Gasteiger partial charge in [-0.25, -0.2) is 0 Å². The fraction of sp³-hybridized carbons (Fsp3) is 0.923. The molecular formula is C13H26N2O3. The van der Waals surface area contributed by atoms with E-state index >= 15 is 0 Å². The van der Waals surface area contributed by atoms with Gasteiger partial charge in [-0.1, -0.05) is 13.3 Å². The van der Waals surface area contributed by atoms with Gasteiger partial charge in [-0.3, -0.25) is 4.79 Å². The summed E-state index contributed by atoms with van der Waals surface area (Å²) < 4.78 is 5.48. The van der Waals surface area contributed by atoms with Gasteiger partial charge in [0.1, 0.15) is 0 Å². The molecule has 1 aliphatic rings. The molecular weight excluding hydrogens is 232 g/mol. The third-order valence-electron chi connectivity index (χ3n) is 3.61. The first-order chi connectivity index (χ1) is 8.71. The minimum absolute atomic E-state index is 0.0633. The van der Waals surface area contributed by atoms with E-state index in [1.807, 2.05) is 4.90 Å². The number of hydrogen-bond acceptors (Lipinski definition) is 4. The first-order valence-corrected chi connectivity index (χ1v) is 6.91. The molecule has 3 N–H and O–H groups in total. The minimum atomic E-state index is 0.0633. The van der Waals surface area contributed by atoms with Crippen molar-refractivity contribution in [2.45, 2.75) is 38.7 Å². The van der Waals surface area contributed by atoms with Crippen LogP contribution >= 0.6 is 0 Å². The summed E-state index contributed by atoms with van der Waals surface area (Å²) in [7, 11) is 0. The molecule has 18 heavy (non-hydrogen) atoms. The van der Waals surface area contributed by atoms with Gasteiger partial charge in [0.25, 0.3) is 0 Å². The van der Waals surface area contributed by atoms with Gasteiger partial charge in [-0.15, -0.1) is 0 Å². The van der Waals surface area contributed by atoms with Crippen LogP contribution in [0.5, 0.6) is 0 Å². The standard InChI is InChI=1S/C13H26N2O3/c1-2-11(10-14)9-13(17)15-5-3-12(4-6-15)18-8-7-16/h11-12,16H,2-10,14H2,1H3. The van der Waals surface area contributed by atoms with Crippen molar-refractivity contribution in [2.75, 3.05) is 32.8 Å². The van der Waals surface area contributed by atoms with Crippen LogP contribution in [0.1, 0.15) is 32.6 Å². The molecule has 0 radical (unpaired) electrons. The molecule has 1 amide bonds. The van der Waals surface area contributed by atoms with E-state index in [-0.39, 0.29) is 18.6 Å². The van der Waals surface area contributed by atoms with E-state index in [0.717, 1.165) is 32.4 Å². The lowest BCUT2D eigenvalue weighted by atomic mass is 10.0. The smallest absolute Gasteiger partial charge is 0.222 e. The van der Waals surface area contributed by atoms with Crippen molar-refractivity contribution in [3.63, 3.8) is 0 Å². The fourth-order valence-corrected chi connectivity index (χ4v) is 2.26. The molecule has 0 saturated carbocycles. The Morgan fingerprint density at radius 1 is 1.50 bits per heavy atom. The number of nitrogens with zero attached hydrogens (tertiary/aromatic N) is 1. The molecule has 1 atom stereocenters. The molecule has 5 nitrogen and oxygen atoms in total. The van der Waals surface area contributed by atoms with E-state index in [1.54, 1.807) is 0 Å². The molecule has 0 aliphatic carbocycles. The number of piperidine rings is 1. The van der Waals surface area contributed by atoms with Crippen LogP contribution in [0, 0.1) is 5.92 Å². The summed E-state index contributed by atoms with van der Waals surface area (Å²) in [5.74, 6) is 0.522. The molecule has 106 valence electrons. The normalized spacial score (nSPS) is 18.9. The highest BCUT2D eigenvalue weighted by molar-refractivity contribution is 5.76. The van der Waals surface area contributed by atoms with Gasteiger partial charge >= 0.3 is 0 Å². The van der Waals surface area contributed by atoms with E-state index in [9.17, 15) is 4.79 Å². The summed E-state index contributed by atoms with van der Waals surface area (Å²) in [5.41, 5.74) is 5.62. The highest BCUT2D eigenvalue weighted by Crippen LogP contribution is 2.16. The van der Waals surface area contributed by atoms with Gasteiger partial charge < -0.3 is 20.5 Å². The lowest BCUT2D eigenvalue weighted by Crippen LogP contribution is -2.42. The lowest BCUT2D eigenvalue weighted by Gasteiger charge is -2.32. The van der Waals surface area contributed by atoms with Crippen LogP contribution in [0.4, 0.5) is 0 Å². The topological polar surface area (TPSA) is 75.8 Å². The number of carbonyl (C=O) groups is 1. The van der Waals surface area contributed by atoms with Crippen LogP contribution < -0.4 is 5.73 Å². The predicted octanol–water partition coefficient (Wildman–Crippen LogP) is 0.361. The zero-order valence-electron chi connectivity index (χ0n) is 11.3. The Kier molecular flexibility index (Phi) is 7.23. The molecule has 1 unspecified atom stereocenters. The number of rotatable bonds is 7. The number of hydrogen-bond donors (Lipinski definition) is 2. The molecule has 0 bridgehead atoms. The molecule has 1 fully saturated rings. The first kappa shape index (κ1) is 15.4. The SMILES string of the molecule is CCC(CN)CC(=O)N1CCC(OCCO)CC1. The number of aliphatic hydroxyl groups is 1. The first-order valence-electron chi connectivity index (χ1n) is 6.91. The van der Waals surface area contributed by atoms with E-state index < -0.39 is 0 Å². The average molecular weight is 258 g/mol. The van der Waals surface area contributed by atoms with Gasteiger partial charge in [0.05, 0.1) is 19.3 Å². The molecule has 0 aromatic heterocycles. The van der Waals surface area contributed by atoms with E-state index in [1.165, 1.54) is 0 Å². The van der Waals surface area contributed by atoms with Gasteiger partial charge in [0.15, 0.2) is 0 Å². The summed E-state index contributed by atoms with van der Waals surface area (Å²) >= 11 is 0. The number of carbonyl (C=O) groups excluding carboxylic acids is 1. The Morgan fingerprint density at radius 3 is 2.67 bits per heavy atom.